The number of methoxy groups -OCH3 is 2. The molecule has 1 aliphatic rings. The fraction of sp³-hybridized carbons (Fsp3) is 0.529. The number of benzene rings is 1. The maximum Gasteiger partial charge on any atom is 0.307 e. The lowest BCUT2D eigenvalue weighted by atomic mass is 10.1. The second-order valence-corrected chi connectivity index (χ2v) is 5.96. The second kappa shape index (κ2) is 9.48. The summed E-state index contributed by atoms with van der Waals surface area (Å²) >= 11 is 0. The molecule has 1 heterocycles. The number of carbonyl (C=O) groups is 2. The van der Waals surface area contributed by atoms with E-state index in [1.165, 1.54) is 0 Å². The lowest BCUT2D eigenvalue weighted by Crippen LogP contribution is -2.37. The molecule has 0 aromatic heterocycles. The Bertz CT molecular complexity index is 611. The lowest BCUT2D eigenvalue weighted by Gasteiger charge is -2.20. The van der Waals surface area contributed by atoms with Crippen molar-refractivity contribution < 1.29 is 24.2 Å². The molecule has 1 saturated heterocycles. The normalized spacial score (nSPS) is 18.1. The van der Waals surface area contributed by atoms with Crippen LogP contribution in [-0.4, -0.2) is 55.7 Å². The summed E-state index contributed by atoms with van der Waals surface area (Å²) < 4.78 is 10.6. The minimum atomic E-state index is -0.799. The summed E-state index contributed by atoms with van der Waals surface area (Å²) in [6.45, 7) is 3.11. The molecular formula is C17H25ClN2O5. The SMILES string of the molecule is COc1ccc(OC)c(C(C)NC(=O)CN2CCC(C(=O)O)C2)c1.Cl. The molecule has 0 radical (unpaired) electrons. The van der Waals surface area contributed by atoms with E-state index in [0.717, 1.165) is 5.56 Å². The molecule has 140 valence electrons. The van der Waals surface area contributed by atoms with Crippen LogP contribution in [0.3, 0.4) is 0 Å². The first-order chi connectivity index (χ1) is 11.4. The highest BCUT2D eigenvalue weighted by Gasteiger charge is 2.29. The number of carbonyl (C=O) groups excluding carboxylic acids is 1. The first kappa shape index (κ1) is 21.1. The Hall–Kier alpha value is -1.99. The third kappa shape index (κ3) is 5.51. The summed E-state index contributed by atoms with van der Waals surface area (Å²) in [5, 5.41) is 11.9. The van der Waals surface area contributed by atoms with Gasteiger partial charge in [0.25, 0.3) is 0 Å². The largest absolute Gasteiger partial charge is 0.497 e. The Morgan fingerprint density at radius 1 is 1.36 bits per heavy atom. The van der Waals surface area contributed by atoms with Crippen molar-refractivity contribution in [3.05, 3.63) is 23.8 Å². The molecule has 0 bridgehead atoms. The van der Waals surface area contributed by atoms with Gasteiger partial charge in [0, 0.05) is 12.1 Å². The van der Waals surface area contributed by atoms with Crippen molar-refractivity contribution in [2.24, 2.45) is 5.92 Å². The number of nitrogens with zero attached hydrogens (tertiary/aromatic N) is 1. The molecule has 1 amide bonds. The van der Waals surface area contributed by atoms with Gasteiger partial charge in [-0.15, -0.1) is 12.4 Å². The Morgan fingerprint density at radius 3 is 2.64 bits per heavy atom. The van der Waals surface area contributed by atoms with Crippen molar-refractivity contribution >= 4 is 24.3 Å². The molecule has 2 atom stereocenters. The van der Waals surface area contributed by atoms with E-state index in [9.17, 15) is 9.59 Å². The van der Waals surface area contributed by atoms with Crippen LogP contribution in [0.2, 0.25) is 0 Å². The van der Waals surface area contributed by atoms with Crippen LogP contribution in [0.5, 0.6) is 11.5 Å². The van der Waals surface area contributed by atoms with Gasteiger partial charge in [0.05, 0.1) is 32.7 Å². The van der Waals surface area contributed by atoms with E-state index in [1.807, 2.05) is 17.9 Å². The van der Waals surface area contributed by atoms with Crippen LogP contribution in [0.4, 0.5) is 0 Å². The van der Waals surface area contributed by atoms with Crippen molar-refractivity contribution in [3.63, 3.8) is 0 Å². The summed E-state index contributed by atoms with van der Waals surface area (Å²) in [5.74, 6) is 0.0472. The van der Waals surface area contributed by atoms with Crippen molar-refractivity contribution in [2.75, 3.05) is 33.9 Å². The zero-order chi connectivity index (χ0) is 17.7. The minimum Gasteiger partial charge on any atom is -0.497 e. The van der Waals surface area contributed by atoms with Gasteiger partial charge in [0.15, 0.2) is 0 Å². The van der Waals surface area contributed by atoms with Crippen molar-refractivity contribution in [1.29, 1.82) is 0 Å². The summed E-state index contributed by atoms with van der Waals surface area (Å²) in [6, 6.07) is 5.18. The maximum absolute atomic E-state index is 12.2. The average molecular weight is 373 g/mol. The third-order valence-corrected chi connectivity index (χ3v) is 4.27. The first-order valence-electron chi connectivity index (χ1n) is 7.91. The van der Waals surface area contributed by atoms with Crippen LogP contribution < -0.4 is 14.8 Å². The Balaban J connectivity index is 0.00000312. The van der Waals surface area contributed by atoms with E-state index < -0.39 is 5.97 Å². The fourth-order valence-corrected chi connectivity index (χ4v) is 2.92. The van der Waals surface area contributed by atoms with E-state index in [4.69, 9.17) is 14.6 Å². The average Bonchev–Trinajstić information content (AvgIpc) is 3.02. The molecule has 7 nitrogen and oxygen atoms in total. The van der Waals surface area contributed by atoms with Gasteiger partial charge >= 0.3 is 5.97 Å². The molecule has 0 saturated carbocycles. The summed E-state index contributed by atoms with van der Waals surface area (Å²) in [5.41, 5.74) is 0.829. The number of ether oxygens (including phenoxy) is 2. The molecule has 1 aromatic rings. The number of halogens is 1. The molecule has 0 spiro atoms. The van der Waals surface area contributed by atoms with E-state index in [-0.39, 0.29) is 36.8 Å². The predicted molar refractivity (Wildman–Crippen MR) is 95.5 cm³/mol. The summed E-state index contributed by atoms with van der Waals surface area (Å²) in [4.78, 5) is 25.1. The molecule has 25 heavy (non-hydrogen) atoms. The molecular weight excluding hydrogens is 348 g/mol. The molecule has 0 aliphatic carbocycles. The highest BCUT2D eigenvalue weighted by atomic mass is 35.5. The van der Waals surface area contributed by atoms with Crippen molar-refractivity contribution in [2.45, 2.75) is 19.4 Å². The molecule has 2 N–H and O–H groups in total. The van der Waals surface area contributed by atoms with Crippen molar-refractivity contribution in [1.82, 2.24) is 10.2 Å². The van der Waals surface area contributed by atoms with Gasteiger partial charge in [-0.05, 0) is 38.1 Å². The monoisotopic (exact) mass is 372 g/mol. The summed E-state index contributed by atoms with van der Waals surface area (Å²) in [6.07, 6.45) is 0.585. The predicted octanol–water partition coefficient (Wildman–Crippen LogP) is 1.71. The number of likely N-dealkylation sites (tertiary alicyclic amines) is 1. The molecule has 8 heteroatoms. The number of hydrogen-bond donors (Lipinski definition) is 2. The van der Waals surface area contributed by atoms with E-state index in [1.54, 1.807) is 26.4 Å². The highest BCUT2D eigenvalue weighted by Crippen LogP contribution is 2.29. The second-order valence-electron chi connectivity index (χ2n) is 5.96. The molecule has 1 fully saturated rings. The minimum absolute atomic E-state index is 0. The fourth-order valence-electron chi connectivity index (χ4n) is 2.92. The maximum atomic E-state index is 12.2. The first-order valence-corrected chi connectivity index (χ1v) is 7.91. The molecule has 2 unspecified atom stereocenters. The smallest absolute Gasteiger partial charge is 0.307 e. The number of rotatable bonds is 7. The molecule has 1 aromatic carbocycles. The molecule has 2 rings (SSSR count). The summed E-state index contributed by atoms with van der Waals surface area (Å²) in [7, 11) is 3.16. The van der Waals surface area contributed by atoms with Gasteiger partial charge < -0.3 is 19.9 Å². The van der Waals surface area contributed by atoms with Crippen LogP contribution in [0.15, 0.2) is 18.2 Å². The Labute approximate surface area is 153 Å². The Morgan fingerprint density at radius 2 is 2.08 bits per heavy atom. The van der Waals surface area contributed by atoms with Crippen LogP contribution in [0, 0.1) is 5.92 Å². The number of carboxylic acids is 1. The number of amides is 1. The highest BCUT2D eigenvalue weighted by molar-refractivity contribution is 5.85. The van der Waals surface area contributed by atoms with E-state index in [0.29, 0.717) is 31.0 Å². The van der Waals surface area contributed by atoms with Crippen molar-refractivity contribution in [3.8, 4) is 11.5 Å². The van der Waals surface area contributed by atoms with Crippen LogP contribution in [0.1, 0.15) is 24.9 Å². The van der Waals surface area contributed by atoms with Gasteiger partial charge in [-0.25, -0.2) is 0 Å². The Kier molecular flexibility index (Phi) is 7.99. The number of nitrogens with one attached hydrogen (secondary N) is 1. The number of aliphatic carboxylic acids is 1. The van der Waals surface area contributed by atoms with Gasteiger partial charge in [-0.2, -0.15) is 0 Å². The van der Waals surface area contributed by atoms with Gasteiger partial charge in [0.2, 0.25) is 5.91 Å². The van der Waals surface area contributed by atoms with Gasteiger partial charge in [0.1, 0.15) is 11.5 Å². The van der Waals surface area contributed by atoms with E-state index in [2.05, 4.69) is 5.32 Å². The van der Waals surface area contributed by atoms with Crippen LogP contribution >= 0.6 is 12.4 Å². The number of carboxylic acid groups (broad SMARTS) is 1. The van der Waals surface area contributed by atoms with Crippen LogP contribution in [0.25, 0.3) is 0 Å². The standard InChI is InChI=1S/C17H24N2O5.ClH/c1-11(14-8-13(23-2)4-5-15(14)24-3)18-16(20)10-19-7-6-12(9-19)17(21)22;/h4-5,8,11-12H,6-7,9-10H2,1-3H3,(H,18,20)(H,21,22);1H. The number of hydrogen-bond acceptors (Lipinski definition) is 5. The van der Waals surface area contributed by atoms with Crippen LogP contribution in [-0.2, 0) is 9.59 Å². The third-order valence-electron chi connectivity index (χ3n) is 4.27. The quantitative estimate of drug-likeness (QED) is 0.757. The zero-order valence-corrected chi connectivity index (χ0v) is 15.5. The van der Waals surface area contributed by atoms with Gasteiger partial charge in [-0.1, -0.05) is 0 Å². The van der Waals surface area contributed by atoms with Gasteiger partial charge in [-0.3, -0.25) is 14.5 Å². The molecule has 1 aliphatic heterocycles. The lowest BCUT2D eigenvalue weighted by molar-refractivity contribution is -0.141. The topological polar surface area (TPSA) is 88.1 Å². The zero-order valence-electron chi connectivity index (χ0n) is 14.7. The van der Waals surface area contributed by atoms with E-state index >= 15 is 0 Å².